The van der Waals surface area contributed by atoms with Crippen LogP contribution < -0.4 is 0 Å². The summed E-state index contributed by atoms with van der Waals surface area (Å²) in [6.07, 6.45) is 23.6. The lowest BCUT2D eigenvalue weighted by Crippen LogP contribution is -2.21. The number of carbonyl (C=O) groups is 1. The van der Waals surface area contributed by atoms with E-state index in [2.05, 4.69) is 49.5 Å². The maximum atomic E-state index is 10.7. The molecule has 1 aromatic heterocycles. The number of rotatable bonds is 17. The second-order valence-corrected chi connectivity index (χ2v) is 10.8. The van der Waals surface area contributed by atoms with Gasteiger partial charge in [0.2, 0.25) is 0 Å². The Hall–Kier alpha value is -2.16. The predicted molar refractivity (Wildman–Crippen MR) is 147 cm³/mol. The molecule has 1 saturated carbocycles. The van der Waals surface area contributed by atoms with Crippen molar-refractivity contribution in [1.82, 2.24) is 4.98 Å². The Kier molecular flexibility index (Phi) is 11.8. The van der Waals surface area contributed by atoms with E-state index >= 15 is 0 Å². The number of hydrogen-bond donors (Lipinski definition) is 1. The van der Waals surface area contributed by atoms with Gasteiger partial charge in [0.25, 0.3) is 0 Å². The van der Waals surface area contributed by atoms with Crippen LogP contribution in [0.5, 0.6) is 0 Å². The Labute approximate surface area is 213 Å². The molecule has 0 saturated heterocycles. The zero-order valence-electron chi connectivity index (χ0n) is 22.1. The smallest absolute Gasteiger partial charge is 0.303 e. The quantitative estimate of drug-likeness (QED) is 0.231. The minimum atomic E-state index is -0.672. The fourth-order valence-electron chi connectivity index (χ4n) is 5.85. The molecule has 1 heterocycles. The van der Waals surface area contributed by atoms with E-state index in [0.717, 1.165) is 31.4 Å². The number of carboxylic acid groups (broad SMARTS) is 1. The molecular weight excluding hydrogens is 430 g/mol. The van der Waals surface area contributed by atoms with Gasteiger partial charge in [-0.15, -0.1) is 0 Å². The van der Waals surface area contributed by atoms with Crippen LogP contribution in [0.4, 0.5) is 0 Å². The van der Waals surface area contributed by atoms with Gasteiger partial charge in [-0.3, -0.25) is 9.78 Å². The average Bonchev–Trinajstić information content (AvgIpc) is 3.36. The molecule has 3 heteroatoms. The zero-order chi connectivity index (χ0) is 24.8. The third-order valence-corrected chi connectivity index (χ3v) is 8.04. The summed E-state index contributed by atoms with van der Waals surface area (Å²) >= 11 is 0. The zero-order valence-corrected chi connectivity index (χ0v) is 22.1. The van der Waals surface area contributed by atoms with Gasteiger partial charge in [-0.1, -0.05) is 108 Å². The number of aryl methyl sites for hydroxylation is 1. The minimum absolute atomic E-state index is 0.306. The highest BCUT2D eigenvalue weighted by atomic mass is 16.4. The summed E-state index contributed by atoms with van der Waals surface area (Å²) in [6, 6.07) is 13.7. The Morgan fingerprint density at radius 2 is 1.49 bits per heavy atom. The van der Waals surface area contributed by atoms with E-state index in [4.69, 9.17) is 10.1 Å². The summed E-state index contributed by atoms with van der Waals surface area (Å²) < 4.78 is 0. The van der Waals surface area contributed by atoms with E-state index in [9.17, 15) is 4.79 Å². The molecule has 0 radical (unpaired) electrons. The summed E-state index contributed by atoms with van der Waals surface area (Å²) in [5, 5.41) is 8.82. The maximum absolute atomic E-state index is 10.7. The van der Waals surface area contributed by atoms with Crippen LogP contribution in [0.2, 0.25) is 0 Å². The first-order valence-electron chi connectivity index (χ1n) is 14.4. The number of hydrogen-bond acceptors (Lipinski definition) is 2. The monoisotopic (exact) mass is 477 g/mol. The van der Waals surface area contributed by atoms with E-state index in [1.807, 2.05) is 0 Å². The van der Waals surface area contributed by atoms with E-state index in [0.29, 0.717) is 11.8 Å². The van der Waals surface area contributed by atoms with Gasteiger partial charge < -0.3 is 5.11 Å². The van der Waals surface area contributed by atoms with Gasteiger partial charge in [0.15, 0.2) is 0 Å². The fourth-order valence-corrected chi connectivity index (χ4v) is 5.85. The lowest BCUT2D eigenvalue weighted by atomic mass is 9.74. The van der Waals surface area contributed by atoms with Crippen molar-refractivity contribution in [1.29, 1.82) is 0 Å². The number of benzene rings is 1. The number of aromatic nitrogens is 1. The lowest BCUT2D eigenvalue weighted by molar-refractivity contribution is -0.137. The molecule has 1 N–H and O–H groups in total. The summed E-state index contributed by atoms with van der Waals surface area (Å²) in [7, 11) is 0. The third kappa shape index (κ3) is 9.09. The number of carboxylic acids is 1. The number of aliphatic carboxylic acids is 1. The van der Waals surface area contributed by atoms with Crippen LogP contribution in [0.25, 0.3) is 11.3 Å². The number of nitrogens with zero attached hydrogens (tertiary/aromatic N) is 1. The van der Waals surface area contributed by atoms with E-state index in [1.165, 1.54) is 100 Å². The summed E-state index contributed by atoms with van der Waals surface area (Å²) in [4.78, 5) is 15.5. The second kappa shape index (κ2) is 15.1. The van der Waals surface area contributed by atoms with Gasteiger partial charge in [0.05, 0.1) is 5.69 Å². The fraction of sp³-hybridized carbons (Fsp3) is 0.625. The number of pyridine rings is 1. The van der Waals surface area contributed by atoms with Crippen molar-refractivity contribution in [2.45, 2.75) is 128 Å². The van der Waals surface area contributed by atoms with Crippen molar-refractivity contribution >= 4 is 5.97 Å². The second-order valence-electron chi connectivity index (χ2n) is 10.8. The van der Waals surface area contributed by atoms with Gasteiger partial charge in [0.1, 0.15) is 0 Å². The van der Waals surface area contributed by atoms with Crippen LogP contribution in [0.15, 0.2) is 42.6 Å². The van der Waals surface area contributed by atoms with Crippen molar-refractivity contribution in [3.63, 3.8) is 0 Å². The van der Waals surface area contributed by atoms with Crippen LogP contribution in [0.3, 0.4) is 0 Å². The molecule has 3 nitrogen and oxygen atoms in total. The molecule has 1 aliphatic carbocycles. The predicted octanol–water partition coefficient (Wildman–Crippen LogP) is 9.28. The van der Waals surface area contributed by atoms with Gasteiger partial charge in [0, 0.05) is 18.2 Å². The molecular formula is C32H47NO2. The highest BCUT2D eigenvalue weighted by Gasteiger charge is 2.34. The molecule has 0 unspecified atom stereocenters. The van der Waals surface area contributed by atoms with Crippen molar-refractivity contribution in [2.75, 3.05) is 0 Å². The number of unbranched alkanes of at least 4 members (excludes halogenated alkanes) is 9. The topological polar surface area (TPSA) is 50.2 Å². The summed E-state index contributed by atoms with van der Waals surface area (Å²) in [5.41, 5.74) is 5.43. The maximum Gasteiger partial charge on any atom is 0.303 e. The molecule has 1 aliphatic rings. The van der Waals surface area contributed by atoms with Gasteiger partial charge in [-0.2, -0.15) is 0 Å². The van der Waals surface area contributed by atoms with Gasteiger partial charge in [-0.05, 0) is 61.1 Å². The first-order valence-corrected chi connectivity index (χ1v) is 14.4. The Morgan fingerprint density at radius 1 is 0.829 bits per heavy atom. The van der Waals surface area contributed by atoms with E-state index in [-0.39, 0.29) is 0 Å². The van der Waals surface area contributed by atoms with Crippen LogP contribution in [-0.4, -0.2) is 16.1 Å². The molecule has 0 aliphatic heterocycles. The van der Waals surface area contributed by atoms with Crippen molar-refractivity contribution < 1.29 is 9.90 Å². The van der Waals surface area contributed by atoms with Crippen LogP contribution in [0.1, 0.15) is 127 Å². The standard InChI is InChI=1S/C32H47NO2/c1-2-3-4-5-6-7-10-15-27-17-22-30(33-26-27)28-18-20-29(21-19-28)32(24-13-14-25-32)23-12-9-8-11-16-31(34)35/h17-22,26H,2-16,23-25H2,1H3,(H,34,35). The molecule has 2 aromatic rings. The molecule has 0 bridgehead atoms. The largest absolute Gasteiger partial charge is 0.481 e. The van der Waals surface area contributed by atoms with Crippen molar-refractivity contribution in [3.8, 4) is 11.3 Å². The van der Waals surface area contributed by atoms with Crippen LogP contribution >= 0.6 is 0 Å². The molecule has 3 rings (SSSR count). The Balaban J connectivity index is 1.48. The normalized spacial score (nSPS) is 14.9. The van der Waals surface area contributed by atoms with Gasteiger partial charge >= 0.3 is 5.97 Å². The highest BCUT2D eigenvalue weighted by molar-refractivity contribution is 5.66. The van der Waals surface area contributed by atoms with Crippen molar-refractivity contribution in [3.05, 3.63) is 53.7 Å². The van der Waals surface area contributed by atoms with E-state index < -0.39 is 5.97 Å². The molecule has 1 aromatic carbocycles. The first-order chi connectivity index (χ1) is 17.1. The van der Waals surface area contributed by atoms with Gasteiger partial charge in [-0.25, -0.2) is 0 Å². The first kappa shape index (κ1) is 27.4. The molecule has 35 heavy (non-hydrogen) atoms. The molecule has 1 fully saturated rings. The summed E-state index contributed by atoms with van der Waals surface area (Å²) in [5.74, 6) is -0.672. The third-order valence-electron chi connectivity index (χ3n) is 8.04. The molecule has 0 atom stereocenters. The SMILES string of the molecule is CCCCCCCCCc1ccc(-c2ccc(C3(CCCCCCC(=O)O)CCCC3)cc2)nc1. The Bertz CT molecular complexity index is 850. The van der Waals surface area contributed by atoms with Crippen LogP contribution in [-0.2, 0) is 16.6 Å². The molecule has 192 valence electrons. The minimum Gasteiger partial charge on any atom is -0.481 e. The van der Waals surface area contributed by atoms with E-state index in [1.54, 1.807) is 0 Å². The highest BCUT2D eigenvalue weighted by Crippen LogP contribution is 2.45. The molecule has 0 amide bonds. The summed E-state index contributed by atoms with van der Waals surface area (Å²) in [6.45, 7) is 2.27. The lowest BCUT2D eigenvalue weighted by Gasteiger charge is -2.30. The Morgan fingerprint density at radius 3 is 2.14 bits per heavy atom. The van der Waals surface area contributed by atoms with Crippen molar-refractivity contribution in [2.24, 2.45) is 0 Å². The molecule has 0 spiro atoms. The van der Waals surface area contributed by atoms with Crippen LogP contribution in [0, 0.1) is 0 Å². The average molecular weight is 478 g/mol.